The van der Waals surface area contributed by atoms with Gasteiger partial charge in [-0.1, -0.05) is 18.7 Å². The molecule has 0 saturated carbocycles. The van der Waals surface area contributed by atoms with Crippen LogP contribution in [0.2, 0.25) is 0 Å². The van der Waals surface area contributed by atoms with Gasteiger partial charge in [-0.2, -0.15) is 5.26 Å². The number of aromatic carboxylic acids is 1. The number of carboxylic acids is 1. The van der Waals surface area contributed by atoms with Crippen molar-refractivity contribution in [3.63, 3.8) is 0 Å². The molecule has 0 aromatic carbocycles. The predicted molar refractivity (Wildman–Crippen MR) is 72.5 cm³/mol. The van der Waals surface area contributed by atoms with E-state index in [0.29, 0.717) is 17.9 Å². The first kappa shape index (κ1) is 15.9. The minimum absolute atomic E-state index is 0.00156. The smallest absolute Gasteiger partial charge is 0.340 e. The molecule has 0 bridgehead atoms. The SMILES string of the molecule is CCc1nc(C)c(C(=O)O)c(SCC(=O)NCC#N)n1. The van der Waals surface area contributed by atoms with Crippen LogP contribution in [0.3, 0.4) is 0 Å². The van der Waals surface area contributed by atoms with Crippen LogP contribution in [0.25, 0.3) is 0 Å². The second-order valence-electron chi connectivity index (χ2n) is 3.79. The second kappa shape index (κ2) is 7.45. The van der Waals surface area contributed by atoms with Crippen molar-refractivity contribution in [3.05, 3.63) is 17.1 Å². The largest absolute Gasteiger partial charge is 0.478 e. The van der Waals surface area contributed by atoms with Gasteiger partial charge in [0.15, 0.2) is 0 Å². The van der Waals surface area contributed by atoms with Gasteiger partial charge in [-0.25, -0.2) is 14.8 Å². The first-order chi connectivity index (χ1) is 9.49. The predicted octanol–water partition coefficient (Wildman–Crippen LogP) is 0.777. The number of carboxylic acid groups (broad SMARTS) is 1. The van der Waals surface area contributed by atoms with Crippen molar-refractivity contribution in [2.45, 2.75) is 25.3 Å². The number of nitriles is 1. The molecular weight excluding hydrogens is 280 g/mol. The lowest BCUT2D eigenvalue weighted by Crippen LogP contribution is -2.25. The minimum atomic E-state index is -1.12. The summed E-state index contributed by atoms with van der Waals surface area (Å²) in [5.41, 5.74) is 0.393. The van der Waals surface area contributed by atoms with E-state index in [4.69, 9.17) is 5.26 Å². The maximum absolute atomic E-state index is 11.4. The van der Waals surface area contributed by atoms with E-state index in [1.165, 1.54) is 0 Å². The summed E-state index contributed by atoms with van der Waals surface area (Å²) in [5, 5.41) is 20.2. The minimum Gasteiger partial charge on any atom is -0.478 e. The van der Waals surface area contributed by atoms with Crippen molar-refractivity contribution in [2.75, 3.05) is 12.3 Å². The molecule has 1 rings (SSSR count). The molecule has 0 atom stereocenters. The number of aryl methyl sites for hydroxylation is 2. The van der Waals surface area contributed by atoms with Crippen LogP contribution >= 0.6 is 11.8 Å². The van der Waals surface area contributed by atoms with Crippen LogP contribution in [0.1, 0.15) is 28.8 Å². The normalized spacial score (nSPS) is 9.85. The number of amides is 1. The highest BCUT2D eigenvalue weighted by Gasteiger charge is 2.18. The van der Waals surface area contributed by atoms with Gasteiger partial charge in [0.05, 0.1) is 17.5 Å². The first-order valence-electron chi connectivity index (χ1n) is 5.86. The number of nitrogens with one attached hydrogen (secondary N) is 1. The molecule has 0 fully saturated rings. The van der Waals surface area contributed by atoms with Gasteiger partial charge in [0.1, 0.15) is 23.0 Å². The van der Waals surface area contributed by atoms with Crippen LogP contribution < -0.4 is 5.32 Å². The van der Waals surface area contributed by atoms with Gasteiger partial charge in [-0.3, -0.25) is 4.79 Å². The molecule has 0 aliphatic heterocycles. The van der Waals surface area contributed by atoms with Crippen LogP contribution in [0.4, 0.5) is 0 Å². The number of hydrogen-bond acceptors (Lipinski definition) is 6. The van der Waals surface area contributed by atoms with Crippen LogP contribution in [0, 0.1) is 18.3 Å². The summed E-state index contributed by atoms with van der Waals surface area (Å²) >= 11 is 1.02. The number of thioether (sulfide) groups is 1. The van der Waals surface area contributed by atoms with Crippen LogP contribution in [0.15, 0.2) is 5.03 Å². The van der Waals surface area contributed by atoms with Gasteiger partial charge >= 0.3 is 5.97 Å². The maximum atomic E-state index is 11.4. The number of nitrogens with zero attached hydrogens (tertiary/aromatic N) is 3. The van der Waals surface area contributed by atoms with Crippen LogP contribution in [-0.2, 0) is 11.2 Å². The molecule has 20 heavy (non-hydrogen) atoms. The average molecular weight is 294 g/mol. The van der Waals surface area contributed by atoms with E-state index in [9.17, 15) is 14.7 Å². The van der Waals surface area contributed by atoms with E-state index in [1.807, 2.05) is 6.92 Å². The quantitative estimate of drug-likeness (QED) is 0.452. The van der Waals surface area contributed by atoms with Gasteiger partial charge in [0.2, 0.25) is 5.91 Å². The fourth-order valence-electron chi connectivity index (χ4n) is 1.43. The first-order valence-corrected chi connectivity index (χ1v) is 6.85. The lowest BCUT2D eigenvalue weighted by molar-refractivity contribution is -0.118. The molecule has 106 valence electrons. The molecule has 1 amide bonds. The molecule has 2 N–H and O–H groups in total. The topological polar surface area (TPSA) is 116 Å². The van der Waals surface area contributed by atoms with Gasteiger partial charge in [0.25, 0.3) is 0 Å². The average Bonchev–Trinajstić information content (AvgIpc) is 2.41. The van der Waals surface area contributed by atoms with Crippen molar-refractivity contribution >= 4 is 23.6 Å². The Morgan fingerprint density at radius 2 is 2.15 bits per heavy atom. The lowest BCUT2D eigenvalue weighted by atomic mass is 10.2. The van der Waals surface area contributed by atoms with E-state index in [2.05, 4.69) is 15.3 Å². The Kier molecular flexibility index (Phi) is 5.93. The number of carbonyl (C=O) groups is 2. The highest BCUT2D eigenvalue weighted by atomic mass is 32.2. The Bertz CT molecular complexity index is 569. The summed E-state index contributed by atoms with van der Waals surface area (Å²) in [7, 11) is 0. The second-order valence-corrected chi connectivity index (χ2v) is 4.75. The number of rotatable bonds is 6. The highest BCUT2D eigenvalue weighted by molar-refractivity contribution is 8.00. The molecule has 0 spiro atoms. The molecule has 0 aliphatic carbocycles. The fraction of sp³-hybridized carbons (Fsp3) is 0.417. The van der Waals surface area contributed by atoms with E-state index in [0.717, 1.165) is 11.8 Å². The zero-order valence-electron chi connectivity index (χ0n) is 11.1. The summed E-state index contributed by atoms with van der Waals surface area (Å²) in [6.45, 7) is 3.39. The van der Waals surface area contributed by atoms with E-state index in [-0.39, 0.29) is 28.8 Å². The third kappa shape index (κ3) is 4.20. The zero-order valence-corrected chi connectivity index (χ0v) is 12.0. The van der Waals surface area contributed by atoms with E-state index >= 15 is 0 Å². The van der Waals surface area contributed by atoms with Crippen molar-refractivity contribution in [2.24, 2.45) is 0 Å². The Morgan fingerprint density at radius 3 is 2.70 bits per heavy atom. The van der Waals surface area contributed by atoms with Gasteiger partial charge in [-0.05, 0) is 6.92 Å². The Hall–Kier alpha value is -2.14. The summed E-state index contributed by atoms with van der Waals surface area (Å²) in [6, 6.07) is 1.79. The molecule has 0 radical (unpaired) electrons. The van der Waals surface area contributed by atoms with Crippen molar-refractivity contribution in [1.29, 1.82) is 5.26 Å². The van der Waals surface area contributed by atoms with Gasteiger partial charge in [0, 0.05) is 6.42 Å². The third-order valence-electron chi connectivity index (χ3n) is 2.34. The molecule has 1 aromatic rings. The molecule has 8 heteroatoms. The molecule has 7 nitrogen and oxygen atoms in total. The Balaban J connectivity index is 2.92. The molecule has 0 saturated heterocycles. The van der Waals surface area contributed by atoms with E-state index < -0.39 is 5.97 Å². The van der Waals surface area contributed by atoms with Gasteiger partial charge < -0.3 is 10.4 Å². The Labute approximate surface area is 120 Å². The summed E-state index contributed by atoms with van der Waals surface area (Å²) in [6.07, 6.45) is 0.578. The summed E-state index contributed by atoms with van der Waals surface area (Å²) < 4.78 is 0. The van der Waals surface area contributed by atoms with Crippen molar-refractivity contribution < 1.29 is 14.7 Å². The number of carbonyl (C=O) groups excluding carboxylic acids is 1. The molecule has 0 aliphatic rings. The van der Waals surface area contributed by atoms with Crippen molar-refractivity contribution in [1.82, 2.24) is 15.3 Å². The molecule has 1 heterocycles. The standard InChI is InChI=1S/C12H14N4O3S/c1-3-8-15-7(2)10(12(18)19)11(16-8)20-6-9(17)14-5-4-13/h3,5-6H2,1-2H3,(H,14,17)(H,18,19). The third-order valence-corrected chi connectivity index (χ3v) is 3.31. The lowest BCUT2D eigenvalue weighted by Gasteiger charge is -2.09. The van der Waals surface area contributed by atoms with Crippen molar-refractivity contribution in [3.8, 4) is 6.07 Å². The molecule has 1 aromatic heterocycles. The molecule has 0 unspecified atom stereocenters. The summed E-state index contributed by atoms with van der Waals surface area (Å²) in [5.74, 6) is -0.929. The summed E-state index contributed by atoms with van der Waals surface area (Å²) in [4.78, 5) is 30.9. The fourth-order valence-corrected chi connectivity index (χ4v) is 2.35. The number of aromatic nitrogens is 2. The highest BCUT2D eigenvalue weighted by Crippen LogP contribution is 2.22. The van der Waals surface area contributed by atoms with E-state index in [1.54, 1.807) is 13.0 Å². The van der Waals surface area contributed by atoms with Crippen LogP contribution in [0.5, 0.6) is 0 Å². The Morgan fingerprint density at radius 1 is 1.45 bits per heavy atom. The zero-order chi connectivity index (χ0) is 15.1. The monoisotopic (exact) mass is 294 g/mol. The number of hydrogen-bond donors (Lipinski definition) is 2. The van der Waals surface area contributed by atoms with Crippen LogP contribution in [-0.4, -0.2) is 39.2 Å². The maximum Gasteiger partial charge on any atom is 0.340 e. The molecular formula is C12H14N4O3S. The van der Waals surface area contributed by atoms with Gasteiger partial charge in [-0.15, -0.1) is 0 Å².